The number of benzene rings is 3. The van der Waals surface area contributed by atoms with Crippen molar-refractivity contribution in [1.29, 1.82) is 0 Å². The van der Waals surface area contributed by atoms with Gasteiger partial charge in [0.05, 0.1) is 12.5 Å². The highest BCUT2D eigenvalue weighted by Crippen LogP contribution is 2.35. The number of nitrogens with one attached hydrogen (secondary N) is 1. The lowest BCUT2D eigenvalue weighted by atomic mass is 10.0. The van der Waals surface area contributed by atoms with E-state index in [0.29, 0.717) is 0 Å². The van der Waals surface area contributed by atoms with Crippen molar-refractivity contribution in [3.05, 3.63) is 84.7 Å². The van der Waals surface area contributed by atoms with Crippen LogP contribution in [0.1, 0.15) is 5.56 Å². The van der Waals surface area contributed by atoms with Crippen molar-refractivity contribution in [1.82, 2.24) is 9.97 Å². The lowest BCUT2D eigenvalue weighted by molar-refractivity contribution is 0.419. The second kappa shape index (κ2) is 8.13. The molecule has 0 saturated heterocycles. The Morgan fingerprint density at radius 2 is 1.67 bits per heavy atom. The fourth-order valence-electron chi connectivity index (χ4n) is 3.79. The average Bonchev–Trinajstić information content (AvgIpc) is 3.25. The Balaban J connectivity index is 1.39. The first kappa shape index (κ1) is 18.6. The molecule has 0 atom stereocenters. The fourth-order valence-corrected chi connectivity index (χ4v) is 4.79. The molecule has 0 aliphatic carbocycles. The molecule has 1 N–H and O–H groups in total. The number of hydrogen-bond acceptors (Lipinski definition) is 5. The molecule has 3 aromatic carbocycles. The van der Waals surface area contributed by atoms with Crippen LogP contribution in [-0.4, -0.2) is 23.6 Å². The first-order valence-corrected chi connectivity index (χ1v) is 10.7. The van der Waals surface area contributed by atoms with Crippen LogP contribution in [0.3, 0.4) is 0 Å². The van der Waals surface area contributed by atoms with E-state index in [1.807, 2.05) is 18.2 Å². The molecule has 5 heteroatoms. The third-order valence-corrected chi connectivity index (χ3v) is 6.36. The van der Waals surface area contributed by atoms with E-state index in [4.69, 9.17) is 4.74 Å². The number of fused-ring (bicyclic) bond motifs is 2. The summed E-state index contributed by atoms with van der Waals surface area (Å²) >= 11 is 1.70. The van der Waals surface area contributed by atoms with Gasteiger partial charge in [0.2, 0.25) is 0 Å². The smallest absolute Gasteiger partial charge is 0.138 e. The van der Waals surface area contributed by atoms with Crippen LogP contribution in [0.25, 0.3) is 31.4 Å². The number of nitrogens with zero attached hydrogens (tertiary/aromatic N) is 2. The van der Waals surface area contributed by atoms with Crippen LogP contribution in [0, 0.1) is 0 Å². The Labute approximate surface area is 179 Å². The highest BCUT2D eigenvalue weighted by atomic mass is 32.1. The van der Waals surface area contributed by atoms with Gasteiger partial charge < -0.3 is 10.1 Å². The summed E-state index contributed by atoms with van der Waals surface area (Å²) in [6, 6.07) is 25.2. The first-order valence-electron chi connectivity index (χ1n) is 9.92. The van der Waals surface area contributed by atoms with Gasteiger partial charge in [-0.05, 0) is 35.1 Å². The van der Waals surface area contributed by atoms with E-state index < -0.39 is 0 Å². The molecular formula is C25H21N3OS. The van der Waals surface area contributed by atoms with Gasteiger partial charge in [0, 0.05) is 16.8 Å². The molecule has 0 fully saturated rings. The first-order chi connectivity index (χ1) is 14.8. The van der Waals surface area contributed by atoms with Crippen molar-refractivity contribution in [2.45, 2.75) is 6.42 Å². The fraction of sp³-hybridized carbons (Fsp3) is 0.120. The Hall–Kier alpha value is -3.44. The second-order valence-corrected chi connectivity index (χ2v) is 8.10. The van der Waals surface area contributed by atoms with Crippen molar-refractivity contribution in [2.75, 3.05) is 19.0 Å². The van der Waals surface area contributed by atoms with E-state index >= 15 is 0 Å². The third kappa shape index (κ3) is 3.48. The molecule has 5 aromatic rings. The Kier molecular flexibility index (Phi) is 5.03. The van der Waals surface area contributed by atoms with Crippen LogP contribution >= 0.6 is 11.3 Å². The lowest BCUT2D eigenvalue weighted by Crippen LogP contribution is -2.07. The van der Waals surface area contributed by atoms with E-state index in [1.165, 1.54) is 21.4 Å². The molecular weight excluding hydrogens is 390 g/mol. The van der Waals surface area contributed by atoms with E-state index in [-0.39, 0.29) is 0 Å². The predicted octanol–water partition coefficient (Wildman–Crippen LogP) is 6.17. The van der Waals surface area contributed by atoms with Crippen LogP contribution in [-0.2, 0) is 6.42 Å². The lowest BCUT2D eigenvalue weighted by Gasteiger charge is -2.11. The third-order valence-electron chi connectivity index (χ3n) is 5.27. The zero-order valence-corrected chi connectivity index (χ0v) is 17.4. The zero-order chi connectivity index (χ0) is 20.3. The number of methoxy groups -OCH3 is 1. The molecule has 2 aromatic heterocycles. The molecule has 0 saturated carbocycles. The predicted molar refractivity (Wildman–Crippen MR) is 126 cm³/mol. The number of thiophene rings is 1. The minimum atomic E-state index is 0.791. The SMILES string of the molecule is COc1ccc(CCNc2ncnc3sc(-c4ccccc4)cc23)c2ccccc12. The van der Waals surface area contributed by atoms with Crippen molar-refractivity contribution >= 4 is 38.1 Å². The van der Waals surface area contributed by atoms with Crippen molar-refractivity contribution < 1.29 is 4.74 Å². The number of anilines is 1. The molecule has 0 aliphatic heterocycles. The normalized spacial score (nSPS) is 11.1. The van der Waals surface area contributed by atoms with E-state index in [0.717, 1.165) is 40.1 Å². The Bertz CT molecular complexity index is 1310. The van der Waals surface area contributed by atoms with Gasteiger partial charge in [-0.2, -0.15) is 0 Å². The van der Waals surface area contributed by atoms with Crippen molar-refractivity contribution in [3.63, 3.8) is 0 Å². The number of aromatic nitrogens is 2. The molecule has 148 valence electrons. The van der Waals surface area contributed by atoms with Gasteiger partial charge in [0.25, 0.3) is 0 Å². The summed E-state index contributed by atoms with van der Waals surface area (Å²) in [7, 11) is 1.72. The summed E-state index contributed by atoms with van der Waals surface area (Å²) in [6.07, 6.45) is 2.53. The molecule has 0 bridgehead atoms. The minimum absolute atomic E-state index is 0.791. The van der Waals surface area contributed by atoms with Gasteiger partial charge >= 0.3 is 0 Å². The quantitative estimate of drug-likeness (QED) is 0.363. The summed E-state index contributed by atoms with van der Waals surface area (Å²) in [4.78, 5) is 11.2. The molecule has 0 amide bonds. The van der Waals surface area contributed by atoms with Crippen molar-refractivity contribution in [3.8, 4) is 16.2 Å². The summed E-state index contributed by atoms with van der Waals surface area (Å²) in [5, 5.41) is 6.96. The summed E-state index contributed by atoms with van der Waals surface area (Å²) < 4.78 is 5.51. The molecule has 0 aliphatic rings. The van der Waals surface area contributed by atoms with E-state index in [2.05, 4.69) is 69.9 Å². The van der Waals surface area contributed by atoms with Crippen LogP contribution in [0.4, 0.5) is 5.82 Å². The van der Waals surface area contributed by atoms with Crippen LogP contribution in [0.2, 0.25) is 0 Å². The van der Waals surface area contributed by atoms with Gasteiger partial charge in [-0.1, -0.05) is 60.7 Å². The largest absolute Gasteiger partial charge is 0.496 e. The van der Waals surface area contributed by atoms with Gasteiger partial charge in [-0.15, -0.1) is 11.3 Å². The summed E-state index contributed by atoms with van der Waals surface area (Å²) in [6.45, 7) is 0.791. The van der Waals surface area contributed by atoms with Crippen LogP contribution < -0.4 is 10.1 Å². The Morgan fingerprint density at radius 3 is 2.50 bits per heavy atom. The van der Waals surface area contributed by atoms with Crippen LogP contribution in [0.15, 0.2) is 79.1 Å². The standard InChI is InChI=1S/C25H21N3OS/c1-29-22-12-11-17(19-9-5-6-10-20(19)22)13-14-26-24-21-15-23(18-7-3-2-4-8-18)30-25(21)28-16-27-24/h2-12,15-16H,13-14H2,1H3,(H,26,27,28). The topological polar surface area (TPSA) is 47.0 Å². The highest BCUT2D eigenvalue weighted by molar-refractivity contribution is 7.21. The second-order valence-electron chi connectivity index (χ2n) is 7.07. The maximum absolute atomic E-state index is 5.51. The van der Waals surface area contributed by atoms with Crippen molar-refractivity contribution in [2.24, 2.45) is 0 Å². The number of rotatable bonds is 6. The molecule has 4 nitrogen and oxygen atoms in total. The summed E-state index contributed by atoms with van der Waals surface area (Å²) in [5.41, 5.74) is 2.50. The summed E-state index contributed by atoms with van der Waals surface area (Å²) in [5.74, 6) is 1.79. The average molecular weight is 412 g/mol. The Morgan fingerprint density at radius 1 is 0.867 bits per heavy atom. The van der Waals surface area contributed by atoms with E-state index in [9.17, 15) is 0 Å². The van der Waals surface area contributed by atoms with Gasteiger partial charge in [0.15, 0.2) is 0 Å². The van der Waals surface area contributed by atoms with Gasteiger partial charge in [-0.25, -0.2) is 9.97 Å². The van der Waals surface area contributed by atoms with Gasteiger partial charge in [0.1, 0.15) is 22.7 Å². The molecule has 2 heterocycles. The molecule has 5 rings (SSSR count). The highest BCUT2D eigenvalue weighted by Gasteiger charge is 2.11. The maximum Gasteiger partial charge on any atom is 0.138 e. The number of ether oxygens (including phenoxy) is 1. The molecule has 0 radical (unpaired) electrons. The maximum atomic E-state index is 5.51. The van der Waals surface area contributed by atoms with E-state index in [1.54, 1.807) is 24.8 Å². The van der Waals surface area contributed by atoms with Crippen LogP contribution in [0.5, 0.6) is 5.75 Å². The zero-order valence-electron chi connectivity index (χ0n) is 16.6. The minimum Gasteiger partial charge on any atom is -0.496 e. The van der Waals surface area contributed by atoms with Gasteiger partial charge in [-0.3, -0.25) is 0 Å². The monoisotopic (exact) mass is 411 g/mol. The molecule has 0 unspecified atom stereocenters. The molecule has 0 spiro atoms. The molecule has 30 heavy (non-hydrogen) atoms. The number of hydrogen-bond donors (Lipinski definition) is 1.